The number of thiazole rings is 1. The summed E-state index contributed by atoms with van der Waals surface area (Å²) in [4.78, 5) is 4.69. The first-order chi connectivity index (χ1) is 10.1. The van der Waals surface area contributed by atoms with Gasteiger partial charge in [-0.05, 0) is 43.4 Å². The lowest BCUT2D eigenvalue weighted by molar-refractivity contribution is 0.586. The smallest absolute Gasteiger partial charge is 0.0898 e. The summed E-state index contributed by atoms with van der Waals surface area (Å²) in [6, 6.07) is 9.16. The Morgan fingerprint density at radius 3 is 2.71 bits per heavy atom. The molecule has 114 valence electrons. The molecule has 0 bridgehead atoms. The highest BCUT2D eigenvalue weighted by atomic mass is 32.1. The van der Waals surface area contributed by atoms with Crippen LogP contribution in [0.25, 0.3) is 0 Å². The molecule has 2 rings (SSSR count). The van der Waals surface area contributed by atoms with E-state index in [4.69, 9.17) is 0 Å². The van der Waals surface area contributed by atoms with Gasteiger partial charge in [-0.3, -0.25) is 0 Å². The molecule has 0 aliphatic carbocycles. The Bertz CT molecular complexity index is 560. The van der Waals surface area contributed by atoms with E-state index in [2.05, 4.69) is 67.6 Å². The third-order valence-corrected chi connectivity index (χ3v) is 4.25. The van der Waals surface area contributed by atoms with E-state index in [-0.39, 0.29) is 6.04 Å². The molecule has 0 fully saturated rings. The molecular formula is C18H26N2S. The zero-order valence-electron chi connectivity index (χ0n) is 13.5. The van der Waals surface area contributed by atoms with Crippen molar-refractivity contribution < 1.29 is 0 Å². The first-order valence-electron chi connectivity index (χ1n) is 7.84. The van der Waals surface area contributed by atoms with Gasteiger partial charge in [-0.25, -0.2) is 4.98 Å². The molecule has 0 aliphatic rings. The lowest BCUT2D eigenvalue weighted by Crippen LogP contribution is -2.23. The van der Waals surface area contributed by atoms with Crippen LogP contribution in [0.3, 0.4) is 0 Å². The van der Waals surface area contributed by atoms with Crippen LogP contribution in [0.1, 0.15) is 55.1 Å². The predicted octanol–water partition coefficient (Wildman–Crippen LogP) is 4.74. The van der Waals surface area contributed by atoms with Gasteiger partial charge in [0.1, 0.15) is 0 Å². The molecule has 21 heavy (non-hydrogen) atoms. The van der Waals surface area contributed by atoms with Crippen molar-refractivity contribution in [1.29, 1.82) is 0 Å². The van der Waals surface area contributed by atoms with Crippen LogP contribution in [0, 0.1) is 12.8 Å². The Kier molecular flexibility index (Phi) is 5.95. The maximum atomic E-state index is 4.69. The van der Waals surface area contributed by atoms with Gasteiger partial charge in [0.25, 0.3) is 0 Å². The van der Waals surface area contributed by atoms with Gasteiger partial charge in [-0.15, -0.1) is 11.3 Å². The number of benzene rings is 1. The van der Waals surface area contributed by atoms with Crippen LogP contribution < -0.4 is 5.32 Å². The summed E-state index contributed by atoms with van der Waals surface area (Å²) in [6.07, 6.45) is 2.26. The summed E-state index contributed by atoms with van der Waals surface area (Å²) in [7, 11) is 0. The molecule has 0 saturated heterocycles. The van der Waals surface area contributed by atoms with E-state index in [0.717, 1.165) is 30.1 Å². The van der Waals surface area contributed by atoms with Crippen LogP contribution in [-0.2, 0) is 6.42 Å². The predicted molar refractivity (Wildman–Crippen MR) is 92.0 cm³/mol. The van der Waals surface area contributed by atoms with Crippen molar-refractivity contribution in [3.8, 4) is 0 Å². The van der Waals surface area contributed by atoms with Crippen molar-refractivity contribution in [3.63, 3.8) is 0 Å². The molecule has 1 unspecified atom stereocenters. The first kappa shape index (κ1) is 16.2. The number of rotatable bonds is 7. The Morgan fingerprint density at radius 1 is 1.29 bits per heavy atom. The lowest BCUT2D eigenvalue weighted by Gasteiger charge is -2.18. The van der Waals surface area contributed by atoms with E-state index >= 15 is 0 Å². The van der Waals surface area contributed by atoms with Gasteiger partial charge >= 0.3 is 0 Å². The molecule has 0 spiro atoms. The van der Waals surface area contributed by atoms with Crippen molar-refractivity contribution in [3.05, 3.63) is 51.5 Å². The molecule has 1 atom stereocenters. The lowest BCUT2D eigenvalue weighted by atomic mass is 9.97. The maximum absolute atomic E-state index is 4.69. The largest absolute Gasteiger partial charge is 0.305 e. The Morgan fingerprint density at radius 2 is 2.10 bits per heavy atom. The molecule has 1 aromatic heterocycles. The highest BCUT2D eigenvalue weighted by molar-refractivity contribution is 7.09. The zero-order chi connectivity index (χ0) is 15.2. The normalized spacial score (nSPS) is 12.8. The number of hydrogen-bond donors (Lipinski definition) is 1. The van der Waals surface area contributed by atoms with Gasteiger partial charge in [-0.2, -0.15) is 0 Å². The van der Waals surface area contributed by atoms with E-state index in [1.807, 2.05) is 0 Å². The summed E-state index contributed by atoms with van der Waals surface area (Å²) in [5.74, 6) is 0.684. The molecule has 1 aromatic carbocycles. The topological polar surface area (TPSA) is 24.9 Å². The summed E-state index contributed by atoms with van der Waals surface area (Å²) in [6.45, 7) is 9.81. The summed E-state index contributed by atoms with van der Waals surface area (Å²) >= 11 is 1.72. The second-order valence-corrected chi connectivity index (χ2v) is 7.08. The number of hydrogen-bond acceptors (Lipinski definition) is 3. The summed E-state index contributed by atoms with van der Waals surface area (Å²) in [5.41, 5.74) is 3.89. The van der Waals surface area contributed by atoms with Crippen LogP contribution in [0.15, 0.2) is 29.6 Å². The van der Waals surface area contributed by atoms with Crippen molar-refractivity contribution in [1.82, 2.24) is 10.3 Å². The van der Waals surface area contributed by atoms with E-state index < -0.39 is 0 Å². The Hall–Kier alpha value is -1.19. The second-order valence-electron chi connectivity index (χ2n) is 6.02. The number of nitrogens with one attached hydrogen (secondary N) is 1. The van der Waals surface area contributed by atoms with E-state index in [1.54, 1.807) is 11.3 Å². The summed E-state index contributed by atoms with van der Waals surface area (Å²) in [5, 5.41) is 6.95. The number of aryl methyl sites for hydroxylation is 1. The maximum Gasteiger partial charge on any atom is 0.0898 e. The minimum Gasteiger partial charge on any atom is -0.305 e. The number of nitrogens with zero attached hydrogens (tertiary/aromatic N) is 1. The number of aromatic nitrogens is 1. The minimum absolute atomic E-state index is 0.210. The third-order valence-electron chi connectivity index (χ3n) is 3.46. The third kappa shape index (κ3) is 4.65. The summed E-state index contributed by atoms with van der Waals surface area (Å²) < 4.78 is 0. The van der Waals surface area contributed by atoms with Gasteiger partial charge in [-0.1, -0.05) is 45.0 Å². The molecule has 0 amide bonds. The van der Waals surface area contributed by atoms with Gasteiger partial charge in [0.2, 0.25) is 0 Å². The highest BCUT2D eigenvalue weighted by Gasteiger charge is 2.16. The fourth-order valence-electron chi connectivity index (χ4n) is 2.57. The van der Waals surface area contributed by atoms with Gasteiger partial charge in [0, 0.05) is 5.38 Å². The minimum atomic E-state index is 0.210. The fourth-order valence-corrected chi connectivity index (χ4v) is 3.20. The molecule has 2 aromatic rings. The van der Waals surface area contributed by atoms with E-state index in [0.29, 0.717) is 5.92 Å². The van der Waals surface area contributed by atoms with Crippen molar-refractivity contribution in [2.75, 3.05) is 6.54 Å². The Balaban J connectivity index is 2.27. The average molecular weight is 302 g/mol. The molecular weight excluding hydrogens is 276 g/mol. The standard InChI is InChI=1S/C18H26N2S/c1-5-9-19-18(17-12-21-14(4)20-17)16-8-6-7-15(11-16)10-13(2)3/h6-8,11-13,18-19H,5,9-10H2,1-4H3. The van der Waals surface area contributed by atoms with Crippen molar-refractivity contribution >= 4 is 11.3 Å². The van der Waals surface area contributed by atoms with Gasteiger partial charge in [0.15, 0.2) is 0 Å². The fraction of sp³-hybridized carbons (Fsp3) is 0.500. The molecule has 0 radical (unpaired) electrons. The first-order valence-corrected chi connectivity index (χ1v) is 8.72. The molecule has 1 heterocycles. The van der Waals surface area contributed by atoms with E-state index in [9.17, 15) is 0 Å². The van der Waals surface area contributed by atoms with Crippen molar-refractivity contribution in [2.45, 2.75) is 46.6 Å². The van der Waals surface area contributed by atoms with Gasteiger partial charge < -0.3 is 5.32 Å². The monoisotopic (exact) mass is 302 g/mol. The zero-order valence-corrected chi connectivity index (χ0v) is 14.3. The van der Waals surface area contributed by atoms with E-state index in [1.165, 1.54) is 11.1 Å². The Labute approximate surface area is 132 Å². The molecule has 1 N–H and O–H groups in total. The van der Waals surface area contributed by atoms with Crippen LogP contribution in [0.5, 0.6) is 0 Å². The molecule has 0 saturated carbocycles. The second kappa shape index (κ2) is 7.71. The average Bonchev–Trinajstić information content (AvgIpc) is 2.85. The van der Waals surface area contributed by atoms with Crippen LogP contribution in [0.2, 0.25) is 0 Å². The molecule has 2 nitrogen and oxygen atoms in total. The van der Waals surface area contributed by atoms with Crippen LogP contribution in [0.4, 0.5) is 0 Å². The van der Waals surface area contributed by atoms with Gasteiger partial charge in [0.05, 0.1) is 16.7 Å². The molecule has 0 aliphatic heterocycles. The van der Waals surface area contributed by atoms with Crippen LogP contribution >= 0.6 is 11.3 Å². The van der Waals surface area contributed by atoms with Crippen molar-refractivity contribution in [2.24, 2.45) is 5.92 Å². The SMILES string of the molecule is CCCNC(c1cccc(CC(C)C)c1)c1csc(C)n1. The van der Waals surface area contributed by atoms with Crippen LogP contribution in [-0.4, -0.2) is 11.5 Å². The molecule has 3 heteroatoms. The quantitative estimate of drug-likeness (QED) is 0.799. The highest BCUT2D eigenvalue weighted by Crippen LogP contribution is 2.25.